The van der Waals surface area contributed by atoms with Gasteiger partial charge in [0.05, 0.1) is 33.2 Å². The molecule has 5 aromatic carbocycles. The Hall–Kier alpha value is -7.00. The van der Waals surface area contributed by atoms with Gasteiger partial charge in [-0.15, -0.1) is 0 Å². The van der Waals surface area contributed by atoms with Gasteiger partial charge < -0.3 is 9.13 Å². The van der Waals surface area contributed by atoms with Crippen molar-refractivity contribution in [3.8, 4) is 22.9 Å². The predicted molar refractivity (Wildman–Crippen MR) is 189 cm³/mol. The van der Waals surface area contributed by atoms with Gasteiger partial charge in [-0.3, -0.25) is 14.6 Å². The van der Waals surface area contributed by atoms with Crippen LogP contribution < -0.4 is 4.90 Å². The number of imide groups is 1. The Bertz CT molecular complexity index is 2660. The molecular weight excluding hydrogens is 610 g/mol. The maximum Gasteiger partial charge on any atom is 0.270 e. The number of hydrogen-bond acceptors (Lipinski definition) is 6. The van der Waals surface area contributed by atoms with E-state index in [-0.39, 0.29) is 11.8 Å². The molecule has 0 unspecified atom stereocenters. The smallest absolute Gasteiger partial charge is 0.270 e. The predicted octanol–water partition coefficient (Wildman–Crippen LogP) is 7.93. The van der Waals surface area contributed by atoms with E-state index in [1.165, 1.54) is 6.33 Å². The molecule has 0 saturated heterocycles. The van der Waals surface area contributed by atoms with Crippen molar-refractivity contribution in [1.82, 2.24) is 29.1 Å². The zero-order valence-electron chi connectivity index (χ0n) is 25.7. The van der Waals surface area contributed by atoms with Crippen LogP contribution in [0.15, 0.2) is 140 Å². The Morgan fingerprint density at radius 3 is 1.53 bits per heavy atom. The van der Waals surface area contributed by atoms with Crippen molar-refractivity contribution in [1.29, 1.82) is 0 Å². The van der Waals surface area contributed by atoms with Crippen LogP contribution in [0.25, 0.3) is 66.5 Å². The number of pyridine rings is 1. The third kappa shape index (κ3) is 3.75. The maximum absolute atomic E-state index is 15.0. The summed E-state index contributed by atoms with van der Waals surface area (Å²) in [5, 5.41) is 3.74. The summed E-state index contributed by atoms with van der Waals surface area (Å²) in [6, 6.07) is 41.5. The number of carbonyl (C=O) groups excluding carboxylic acids is 2. The molecule has 2 amide bonds. The molecule has 1 aliphatic rings. The Labute approximate surface area is 278 Å². The van der Waals surface area contributed by atoms with Gasteiger partial charge in [-0.1, -0.05) is 78.9 Å². The lowest BCUT2D eigenvalue weighted by atomic mass is 9.98. The zero-order valence-corrected chi connectivity index (χ0v) is 25.7. The molecule has 5 heterocycles. The van der Waals surface area contributed by atoms with E-state index in [9.17, 15) is 0 Å². The molecule has 1 aliphatic heterocycles. The molecule has 9 nitrogen and oxygen atoms in total. The third-order valence-electron chi connectivity index (χ3n) is 9.24. The maximum atomic E-state index is 15.0. The molecule has 9 aromatic rings. The Kier molecular flexibility index (Phi) is 5.68. The van der Waals surface area contributed by atoms with Crippen molar-refractivity contribution in [3.63, 3.8) is 0 Å². The molecule has 4 aromatic heterocycles. The van der Waals surface area contributed by atoms with E-state index in [0.29, 0.717) is 27.9 Å². The summed E-state index contributed by atoms with van der Waals surface area (Å²) in [4.78, 5) is 48.7. The molecule has 49 heavy (non-hydrogen) atoms. The number of rotatable bonds is 4. The fourth-order valence-electron chi connectivity index (χ4n) is 7.31. The van der Waals surface area contributed by atoms with Crippen LogP contribution in [0.3, 0.4) is 0 Å². The summed E-state index contributed by atoms with van der Waals surface area (Å²) in [7, 11) is 0. The van der Waals surface area contributed by atoms with Crippen LogP contribution in [-0.4, -0.2) is 40.9 Å². The van der Waals surface area contributed by atoms with E-state index in [4.69, 9.17) is 0 Å². The Balaban J connectivity index is 1.40. The normalized spacial score (nSPS) is 12.9. The van der Waals surface area contributed by atoms with E-state index in [1.54, 1.807) is 18.3 Å². The number of benzene rings is 5. The van der Waals surface area contributed by atoms with E-state index in [0.717, 1.165) is 48.9 Å². The van der Waals surface area contributed by atoms with Crippen molar-refractivity contribution in [2.24, 2.45) is 0 Å². The molecule has 0 N–H and O–H groups in total. The van der Waals surface area contributed by atoms with Crippen LogP contribution in [0.5, 0.6) is 0 Å². The summed E-state index contributed by atoms with van der Waals surface area (Å²) in [6.07, 6.45) is 2.95. The minimum atomic E-state index is -0.505. The van der Waals surface area contributed by atoms with Crippen LogP contribution >= 0.6 is 0 Å². The van der Waals surface area contributed by atoms with E-state index in [2.05, 4.69) is 53.3 Å². The van der Waals surface area contributed by atoms with Crippen LogP contribution in [0.4, 0.5) is 5.95 Å². The van der Waals surface area contributed by atoms with Crippen molar-refractivity contribution in [2.45, 2.75) is 0 Å². The molecule has 0 aliphatic carbocycles. The van der Waals surface area contributed by atoms with E-state index < -0.39 is 11.8 Å². The van der Waals surface area contributed by atoms with Gasteiger partial charge in [0, 0.05) is 39.1 Å². The topological polar surface area (TPSA) is 98.8 Å². The second-order valence-corrected chi connectivity index (χ2v) is 11.8. The van der Waals surface area contributed by atoms with Crippen LogP contribution in [0.2, 0.25) is 0 Å². The SMILES string of the molecule is O=C1c2c(c3c(c4ccccc4n3-c3ccccc3)c3c4ccccc4n(-c4ccccc4)c23)C(=O)N1c1ncnc(-c2ccccn2)n1. The van der Waals surface area contributed by atoms with E-state index >= 15 is 9.59 Å². The highest BCUT2D eigenvalue weighted by Gasteiger charge is 2.45. The third-order valence-corrected chi connectivity index (χ3v) is 9.24. The second kappa shape index (κ2) is 10.2. The monoisotopic (exact) mass is 633 g/mol. The van der Waals surface area contributed by atoms with Crippen LogP contribution in [0, 0.1) is 0 Å². The lowest BCUT2D eigenvalue weighted by Crippen LogP contribution is -2.31. The minimum Gasteiger partial charge on any atom is -0.308 e. The van der Waals surface area contributed by atoms with Gasteiger partial charge in [-0.25, -0.2) is 14.9 Å². The molecule has 0 spiro atoms. The number of amides is 2. The molecule has 10 rings (SSSR count). The first kappa shape index (κ1) is 27.1. The van der Waals surface area contributed by atoms with Gasteiger partial charge in [0.15, 0.2) is 5.82 Å². The highest BCUT2D eigenvalue weighted by Crippen LogP contribution is 2.48. The van der Waals surface area contributed by atoms with Gasteiger partial charge in [0.25, 0.3) is 11.8 Å². The summed E-state index contributed by atoms with van der Waals surface area (Å²) >= 11 is 0. The largest absolute Gasteiger partial charge is 0.308 e. The number of nitrogens with zero attached hydrogens (tertiary/aromatic N) is 7. The average Bonchev–Trinajstić information content (AvgIpc) is 3.77. The average molecular weight is 634 g/mol. The first-order chi connectivity index (χ1) is 24.2. The standard InChI is InChI=1S/C40H23N7O2/c48-38-33-34(39(49)47(38)40-43-23-42-37(44-40)28-19-11-12-22-41-28)36-32(27-18-8-10-21-30(27)46(36)25-15-5-2-6-16-25)31-26-17-7-9-20-29(26)45(35(31)33)24-13-3-1-4-14-24/h1-23H. The quantitative estimate of drug-likeness (QED) is 0.183. The van der Waals surface area contributed by atoms with Gasteiger partial charge in [0.1, 0.15) is 12.0 Å². The molecule has 9 heteroatoms. The van der Waals surface area contributed by atoms with Crippen molar-refractivity contribution < 1.29 is 9.59 Å². The fourth-order valence-corrected chi connectivity index (χ4v) is 7.31. The molecule has 0 atom stereocenters. The second-order valence-electron chi connectivity index (χ2n) is 11.8. The van der Waals surface area contributed by atoms with Gasteiger partial charge in [-0.2, -0.15) is 4.98 Å². The summed E-state index contributed by atoms with van der Waals surface area (Å²) < 4.78 is 4.19. The number of aromatic nitrogens is 6. The van der Waals surface area contributed by atoms with Crippen molar-refractivity contribution >= 4 is 61.4 Å². The number of carbonyl (C=O) groups is 2. The fraction of sp³-hybridized carbons (Fsp3) is 0. The first-order valence-corrected chi connectivity index (χ1v) is 15.8. The molecule has 0 saturated carbocycles. The Morgan fingerprint density at radius 2 is 1.00 bits per heavy atom. The van der Waals surface area contributed by atoms with Crippen LogP contribution in [-0.2, 0) is 0 Å². The zero-order chi connectivity index (χ0) is 32.6. The van der Waals surface area contributed by atoms with Gasteiger partial charge >= 0.3 is 0 Å². The Morgan fingerprint density at radius 1 is 0.490 bits per heavy atom. The highest BCUT2D eigenvalue weighted by atomic mass is 16.2. The minimum absolute atomic E-state index is 0.0621. The summed E-state index contributed by atoms with van der Waals surface area (Å²) in [6.45, 7) is 0. The first-order valence-electron chi connectivity index (χ1n) is 15.8. The van der Waals surface area contributed by atoms with Gasteiger partial charge in [0.2, 0.25) is 5.95 Å². The lowest BCUT2D eigenvalue weighted by Gasteiger charge is -2.12. The highest BCUT2D eigenvalue weighted by molar-refractivity contribution is 6.45. The van der Waals surface area contributed by atoms with Crippen LogP contribution in [0.1, 0.15) is 20.7 Å². The number of fused-ring (bicyclic) bond motifs is 10. The molecule has 230 valence electrons. The molecular formula is C40H23N7O2. The van der Waals surface area contributed by atoms with E-state index in [1.807, 2.05) is 91.0 Å². The number of para-hydroxylation sites is 4. The summed E-state index contributed by atoms with van der Waals surface area (Å²) in [5.74, 6) is -0.813. The number of anilines is 1. The molecule has 0 fully saturated rings. The van der Waals surface area contributed by atoms with Crippen molar-refractivity contribution in [2.75, 3.05) is 4.90 Å². The lowest BCUT2D eigenvalue weighted by molar-refractivity contribution is 0.0924. The molecule has 0 bridgehead atoms. The number of hydrogen-bond donors (Lipinski definition) is 0. The summed E-state index contributed by atoms with van der Waals surface area (Å²) in [5.41, 5.74) is 6.01. The van der Waals surface area contributed by atoms with Gasteiger partial charge in [-0.05, 0) is 48.5 Å². The molecule has 0 radical (unpaired) electrons. The van der Waals surface area contributed by atoms with Crippen molar-refractivity contribution in [3.05, 3.63) is 151 Å².